The molecule has 1 amide bonds. The predicted octanol–water partition coefficient (Wildman–Crippen LogP) is 2.01. The van der Waals surface area contributed by atoms with Gasteiger partial charge in [0.05, 0.1) is 5.92 Å². The fourth-order valence-electron chi connectivity index (χ4n) is 2.17. The molecule has 5 nitrogen and oxygen atoms in total. The fraction of sp³-hybridized carbons (Fsp3) is 0.571. The molecule has 1 atom stereocenters. The van der Waals surface area contributed by atoms with Gasteiger partial charge in [-0.2, -0.15) is 0 Å². The lowest BCUT2D eigenvalue weighted by Gasteiger charge is -2.23. The van der Waals surface area contributed by atoms with E-state index in [2.05, 4.69) is 0 Å². The molecule has 0 radical (unpaired) electrons. The van der Waals surface area contributed by atoms with Crippen LogP contribution in [-0.4, -0.2) is 39.5 Å². The average Bonchev–Trinajstić information content (AvgIpc) is 3.12. The minimum atomic E-state index is -0.871. The van der Waals surface area contributed by atoms with Crippen molar-refractivity contribution in [3.8, 4) is 0 Å². The summed E-state index contributed by atoms with van der Waals surface area (Å²) in [5, 5.41) is 8.95. The summed E-state index contributed by atoms with van der Waals surface area (Å²) in [6, 6.07) is 4.14. The monoisotopic (exact) mass is 264 g/mol. The first-order valence-electron chi connectivity index (χ1n) is 6.73. The lowest BCUT2D eigenvalue weighted by Crippen LogP contribution is -2.37. The van der Waals surface area contributed by atoms with E-state index in [4.69, 9.17) is 5.11 Å². The normalized spacial score (nSPS) is 16.1. The molecule has 104 valence electrons. The molecule has 19 heavy (non-hydrogen) atoms. The SMILES string of the molecule is CCN(CC(C)C(=O)O)C(=O)c1cccn1C1CC1. The topological polar surface area (TPSA) is 62.5 Å². The third-order valence-corrected chi connectivity index (χ3v) is 3.52. The van der Waals surface area contributed by atoms with E-state index in [1.807, 2.05) is 29.8 Å². The van der Waals surface area contributed by atoms with Crippen LogP contribution in [0.5, 0.6) is 0 Å². The van der Waals surface area contributed by atoms with Gasteiger partial charge in [0, 0.05) is 25.3 Å². The summed E-state index contributed by atoms with van der Waals surface area (Å²) in [5.41, 5.74) is 0.668. The summed E-state index contributed by atoms with van der Waals surface area (Å²) in [6.07, 6.45) is 4.17. The van der Waals surface area contributed by atoms with Crippen LogP contribution >= 0.6 is 0 Å². The van der Waals surface area contributed by atoms with Crippen LogP contribution < -0.4 is 0 Å². The Kier molecular flexibility index (Phi) is 3.93. The highest BCUT2D eigenvalue weighted by atomic mass is 16.4. The number of carboxylic acids is 1. The molecule has 1 unspecified atom stereocenters. The third-order valence-electron chi connectivity index (χ3n) is 3.52. The summed E-state index contributed by atoms with van der Waals surface area (Å²) >= 11 is 0. The van der Waals surface area contributed by atoms with Crippen LogP contribution in [0, 0.1) is 5.92 Å². The Hall–Kier alpha value is -1.78. The van der Waals surface area contributed by atoms with Crippen molar-refractivity contribution in [3.63, 3.8) is 0 Å². The van der Waals surface area contributed by atoms with Crippen molar-refractivity contribution in [1.82, 2.24) is 9.47 Å². The number of carbonyl (C=O) groups excluding carboxylic acids is 1. The number of rotatable bonds is 6. The zero-order valence-electron chi connectivity index (χ0n) is 11.4. The van der Waals surface area contributed by atoms with E-state index < -0.39 is 11.9 Å². The van der Waals surface area contributed by atoms with Gasteiger partial charge in [-0.05, 0) is 31.9 Å². The van der Waals surface area contributed by atoms with Crippen LogP contribution in [0.4, 0.5) is 0 Å². The van der Waals surface area contributed by atoms with Gasteiger partial charge in [0.2, 0.25) is 0 Å². The molecule has 0 spiro atoms. The summed E-state index contributed by atoms with van der Waals surface area (Å²) < 4.78 is 2.01. The van der Waals surface area contributed by atoms with Crippen molar-refractivity contribution in [2.24, 2.45) is 5.92 Å². The second-order valence-corrected chi connectivity index (χ2v) is 5.11. The first kappa shape index (κ1) is 13.6. The Morgan fingerprint density at radius 1 is 1.53 bits per heavy atom. The highest BCUT2D eigenvalue weighted by Gasteiger charge is 2.29. The van der Waals surface area contributed by atoms with E-state index >= 15 is 0 Å². The number of aliphatic carboxylic acids is 1. The van der Waals surface area contributed by atoms with Gasteiger partial charge in [0.15, 0.2) is 0 Å². The van der Waals surface area contributed by atoms with Gasteiger partial charge in [-0.3, -0.25) is 9.59 Å². The minimum absolute atomic E-state index is 0.0764. The quantitative estimate of drug-likeness (QED) is 0.854. The Balaban J connectivity index is 2.11. The van der Waals surface area contributed by atoms with E-state index in [0.717, 1.165) is 12.8 Å². The summed E-state index contributed by atoms with van der Waals surface area (Å²) in [6.45, 7) is 4.27. The predicted molar refractivity (Wildman–Crippen MR) is 71.1 cm³/mol. The molecule has 1 aromatic rings. The Morgan fingerprint density at radius 3 is 2.74 bits per heavy atom. The average molecular weight is 264 g/mol. The van der Waals surface area contributed by atoms with Crippen molar-refractivity contribution in [2.45, 2.75) is 32.7 Å². The molecule has 1 aromatic heterocycles. The van der Waals surface area contributed by atoms with Gasteiger partial charge in [-0.1, -0.05) is 6.92 Å². The van der Waals surface area contributed by atoms with E-state index in [1.54, 1.807) is 11.8 Å². The minimum Gasteiger partial charge on any atom is -0.481 e. The van der Waals surface area contributed by atoms with Crippen LogP contribution in [0.3, 0.4) is 0 Å². The number of carbonyl (C=O) groups is 2. The summed E-state index contributed by atoms with van der Waals surface area (Å²) in [5.74, 6) is -1.50. The fourth-order valence-corrected chi connectivity index (χ4v) is 2.17. The Labute approximate surface area is 112 Å². The number of amides is 1. The van der Waals surface area contributed by atoms with E-state index in [-0.39, 0.29) is 12.5 Å². The molecule has 1 N–H and O–H groups in total. The third kappa shape index (κ3) is 2.97. The van der Waals surface area contributed by atoms with Gasteiger partial charge < -0.3 is 14.6 Å². The molecule has 1 fully saturated rings. The number of aromatic nitrogens is 1. The number of hydrogen-bond acceptors (Lipinski definition) is 2. The largest absolute Gasteiger partial charge is 0.481 e. The maximum Gasteiger partial charge on any atom is 0.308 e. The van der Waals surface area contributed by atoms with Crippen LogP contribution in [0.2, 0.25) is 0 Å². The molecule has 5 heteroatoms. The van der Waals surface area contributed by atoms with Crippen LogP contribution in [0.15, 0.2) is 18.3 Å². The van der Waals surface area contributed by atoms with E-state index in [9.17, 15) is 9.59 Å². The van der Waals surface area contributed by atoms with Crippen molar-refractivity contribution >= 4 is 11.9 Å². The lowest BCUT2D eigenvalue weighted by molar-refractivity contribution is -0.141. The second kappa shape index (κ2) is 5.47. The Bertz CT molecular complexity index is 477. The van der Waals surface area contributed by atoms with Gasteiger partial charge in [0.1, 0.15) is 5.69 Å². The Morgan fingerprint density at radius 2 is 2.21 bits per heavy atom. The molecule has 1 heterocycles. The molecular weight excluding hydrogens is 244 g/mol. The molecule has 2 rings (SSSR count). The van der Waals surface area contributed by atoms with Gasteiger partial charge >= 0.3 is 5.97 Å². The van der Waals surface area contributed by atoms with Crippen molar-refractivity contribution in [3.05, 3.63) is 24.0 Å². The van der Waals surface area contributed by atoms with Crippen molar-refractivity contribution < 1.29 is 14.7 Å². The molecule has 0 aromatic carbocycles. The first-order valence-corrected chi connectivity index (χ1v) is 6.73. The first-order chi connectivity index (χ1) is 9.04. The zero-order valence-corrected chi connectivity index (χ0v) is 11.4. The summed E-state index contributed by atoms with van der Waals surface area (Å²) in [7, 11) is 0. The molecular formula is C14H20N2O3. The van der Waals surface area contributed by atoms with Gasteiger partial charge in [0.25, 0.3) is 5.91 Å². The zero-order chi connectivity index (χ0) is 14.0. The standard InChI is InChI=1S/C14H20N2O3/c1-3-15(9-10(2)14(18)19)13(17)12-5-4-8-16(12)11-6-7-11/h4-5,8,10-11H,3,6-7,9H2,1-2H3,(H,18,19). The van der Waals surface area contributed by atoms with Gasteiger partial charge in [-0.25, -0.2) is 0 Å². The second-order valence-electron chi connectivity index (χ2n) is 5.11. The van der Waals surface area contributed by atoms with Crippen LogP contribution in [-0.2, 0) is 4.79 Å². The highest BCUT2D eigenvalue weighted by molar-refractivity contribution is 5.93. The molecule has 1 saturated carbocycles. The van der Waals surface area contributed by atoms with Crippen molar-refractivity contribution in [1.29, 1.82) is 0 Å². The molecule has 1 aliphatic carbocycles. The van der Waals surface area contributed by atoms with E-state index in [1.165, 1.54) is 0 Å². The van der Waals surface area contributed by atoms with Crippen LogP contribution in [0.25, 0.3) is 0 Å². The summed E-state index contributed by atoms with van der Waals surface area (Å²) in [4.78, 5) is 25.0. The molecule has 1 aliphatic rings. The lowest BCUT2D eigenvalue weighted by atomic mass is 10.1. The molecule has 0 aliphatic heterocycles. The number of carboxylic acid groups (broad SMARTS) is 1. The van der Waals surface area contributed by atoms with E-state index in [0.29, 0.717) is 18.3 Å². The van der Waals surface area contributed by atoms with Crippen molar-refractivity contribution in [2.75, 3.05) is 13.1 Å². The molecule has 0 bridgehead atoms. The molecule has 0 saturated heterocycles. The number of hydrogen-bond donors (Lipinski definition) is 1. The van der Waals surface area contributed by atoms with Gasteiger partial charge in [-0.15, -0.1) is 0 Å². The number of nitrogens with zero attached hydrogens (tertiary/aromatic N) is 2. The maximum absolute atomic E-state index is 12.5. The van der Waals surface area contributed by atoms with Crippen LogP contribution in [0.1, 0.15) is 43.2 Å². The highest BCUT2D eigenvalue weighted by Crippen LogP contribution is 2.36. The smallest absolute Gasteiger partial charge is 0.308 e. The maximum atomic E-state index is 12.5.